The molecule has 82 valence electrons. The van der Waals surface area contributed by atoms with Gasteiger partial charge >= 0.3 is 0 Å². The largest absolute Gasteiger partial charge is 0.400 e. The molecule has 2 nitrogen and oxygen atoms in total. The predicted octanol–water partition coefficient (Wildman–Crippen LogP) is 1.26. The third-order valence-corrected chi connectivity index (χ3v) is 1.11. The number of hydrogen-bond acceptors (Lipinski definition) is 2. The molecule has 0 aliphatic heterocycles. The van der Waals surface area contributed by atoms with Gasteiger partial charge in [-0.25, -0.2) is 0 Å². The number of aliphatic hydroxyl groups is 2. The van der Waals surface area contributed by atoms with Crippen molar-refractivity contribution in [2.45, 2.75) is 0 Å². The summed E-state index contributed by atoms with van der Waals surface area (Å²) in [5.41, 5.74) is 0. The average Bonchev–Trinajstić information content (AvgIpc) is 3.01. The van der Waals surface area contributed by atoms with Crippen LogP contribution in [0, 0.1) is 64.2 Å². The molecular weight excluding hydrogens is 267 g/mol. The molecule has 0 atom stereocenters. The van der Waals surface area contributed by atoms with E-state index in [-0.39, 0.29) is 26.2 Å². The van der Waals surface area contributed by atoms with Crippen LogP contribution < -0.4 is 0 Å². The molecule has 2 saturated carbocycles. The first-order chi connectivity index (χ1) is 7.00. The minimum Gasteiger partial charge on any atom is -0.400 e. The van der Waals surface area contributed by atoms with Gasteiger partial charge in [-0.05, 0) is 64.2 Å². The minimum absolute atomic E-state index is 0. The van der Waals surface area contributed by atoms with Gasteiger partial charge < -0.3 is 10.2 Å². The smallest absolute Gasteiger partial charge is 0.0319 e. The Balaban J connectivity index is -0.000000138. The summed E-state index contributed by atoms with van der Waals surface area (Å²) in [4.78, 5) is 0. The molecule has 15 heavy (non-hydrogen) atoms. The zero-order valence-corrected chi connectivity index (χ0v) is 11.6. The Morgan fingerprint density at radius 2 is 0.467 bits per heavy atom. The number of hydrogen-bond donors (Lipinski definition) is 2. The predicted molar refractivity (Wildman–Crippen MR) is 59.3 cm³/mol. The average molecular weight is 285 g/mol. The molecule has 0 bridgehead atoms. The van der Waals surface area contributed by atoms with E-state index in [0.717, 1.165) is 14.2 Å². The van der Waals surface area contributed by atoms with E-state index in [9.17, 15) is 0 Å². The molecule has 0 aromatic carbocycles. The summed E-state index contributed by atoms with van der Waals surface area (Å²) in [6.45, 7) is 0. The van der Waals surface area contributed by atoms with Crippen molar-refractivity contribution in [2.75, 3.05) is 14.2 Å². The van der Waals surface area contributed by atoms with Gasteiger partial charge in [0, 0.05) is 40.4 Å². The van der Waals surface area contributed by atoms with Crippen LogP contribution in [0.2, 0.25) is 0 Å². The molecule has 0 saturated heterocycles. The number of aliphatic hydroxyl groups excluding tert-OH is 2. The fourth-order valence-corrected chi connectivity index (χ4v) is 0.642. The fourth-order valence-electron chi connectivity index (χ4n) is 0.642. The van der Waals surface area contributed by atoms with Crippen LogP contribution in [0.1, 0.15) is 0 Å². The second-order valence-corrected chi connectivity index (χ2v) is 1.92. The van der Waals surface area contributed by atoms with Crippen molar-refractivity contribution >= 4 is 0 Å². The van der Waals surface area contributed by atoms with Crippen molar-refractivity contribution < 1.29 is 36.4 Å². The van der Waals surface area contributed by atoms with Gasteiger partial charge in [0.1, 0.15) is 0 Å². The van der Waals surface area contributed by atoms with E-state index in [2.05, 4.69) is 0 Å². The summed E-state index contributed by atoms with van der Waals surface area (Å²) in [5, 5.41) is 14.0. The van der Waals surface area contributed by atoms with Gasteiger partial charge in [0.2, 0.25) is 0 Å². The maximum absolute atomic E-state index is 7.00. The van der Waals surface area contributed by atoms with Crippen LogP contribution in [-0.2, 0) is 26.2 Å². The number of rotatable bonds is 0. The van der Waals surface area contributed by atoms with E-state index < -0.39 is 0 Å². The van der Waals surface area contributed by atoms with Crippen LogP contribution in [-0.4, -0.2) is 24.4 Å². The second kappa shape index (κ2) is 24.2. The van der Waals surface area contributed by atoms with E-state index in [1.165, 1.54) is 0 Å². The van der Waals surface area contributed by atoms with Crippen molar-refractivity contribution in [1.82, 2.24) is 0 Å². The Morgan fingerprint density at radius 1 is 0.400 bits per heavy atom. The van der Waals surface area contributed by atoms with Gasteiger partial charge in [0.05, 0.1) is 0 Å². The summed E-state index contributed by atoms with van der Waals surface area (Å²) in [6.07, 6.45) is 20.0. The van der Waals surface area contributed by atoms with Gasteiger partial charge in [-0.3, -0.25) is 0 Å². The standard InChI is InChI=1S/2C5H5.2CH4O.Zr/c2*1-2-4-5-3-1;2*1-2;/h2*1-5H;2*2H,1H3;. The van der Waals surface area contributed by atoms with Gasteiger partial charge in [-0.2, -0.15) is 0 Å². The summed E-state index contributed by atoms with van der Waals surface area (Å²) in [5.74, 6) is 0. The molecule has 0 spiro atoms. The zero-order valence-electron chi connectivity index (χ0n) is 9.17. The van der Waals surface area contributed by atoms with E-state index in [1.54, 1.807) is 0 Å². The van der Waals surface area contributed by atoms with Crippen molar-refractivity contribution in [1.29, 1.82) is 0 Å². The molecule has 2 rings (SSSR count). The summed E-state index contributed by atoms with van der Waals surface area (Å²) in [7, 11) is 2.00. The summed E-state index contributed by atoms with van der Waals surface area (Å²) in [6, 6.07) is 0. The first-order valence-corrected chi connectivity index (χ1v) is 4.23. The monoisotopic (exact) mass is 284 g/mol. The van der Waals surface area contributed by atoms with Gasteiger partial charge in [-0.15, -0.1) is 0 Å². The van der Waals surface area contributed by atoms with Crippen LogP contribution in [0.4, 0.5) is 0 Å². The molecule has 0 amide bonds. The van der Waals surface area contributed by atoms with Crippen molar-refractivity contribution in [2.24, 2.45) is 0 Å². The van der Waals surface area contributed by atoms with Crippen LogP contribution in [0.5, 0.6) is 0 Å². The Hall–Kier alpha value is 0.803. The SMILES string of the molecule is CO.CO.[CH]1[CH][CH][CH][CH]1.[CH]1[CH][CH][CH][CH]1.[Zr]. The van der Waals surface area contributed by atoms with E-state index in [4.69, 9.17) is 10.2 Å². The molecule has 0 unspecified atom stereocenters. The van der Waals surface area contributed by atoms with Gasteiger partial charge in [0.15, 0.2) is 0 Å². The molecule has 10 radical (unpaired) electrons. The molecule has 0 aromatic heterocycles. The third-order valence-electron chi connectivity index (χ3n) is 1.11. The van der Waals surface area contributed by atoms with Gasteiger partial charge in [-0.1, -0.05) is 0 Å². The van der Waals surface area contributed by atoms with E-state index in [1.807, 2.05) is 64.2 Å². The first kappa shape index (κ1) is 21.1. The van der Waals surface area contributed by atoms with E-state index in [0.29, 0.717) is 0 Å². The van der Waals surface area contributed by atoms with Crippen molar-refractivity contribution in [3.63, 3.8) is 0 Å². The van der Waals surface area contributed by atoms with Crippen LogP contribution in [0.25, 0.3) is 0 Å². The van der Waals surface area contributed by atoms with Crippen molar-refractivity contribution in [3.8, 4) is 0 Å². The summed E-state index contributed by atoms with van der Waals surface area (Å²) >= 11 is 0. The molecule has 2 fully saturated rings. The van der Waals surface area contributed by atoms with E-state index >= 15 is 0 Å². The van der Waals surface area contributed by atoms with Gasteiger partial charge in [0.25, 0.3) is 0 Å². The summed E-state index contributed by atoms with van der Waals surface area (Å²) < 4.78 is 0. The Morgan fingerprint density at radius 3 is 0.533 bits per heavy atom. The Kier molecular flexibility index (Phi) is 34.0. The normalized spacial score (nSPS) is 16.8. The fraction of sp³-hybridized carbons (Fsp3) is 0.167. The van der Waals surface area contributed by atoms with Crippen LogP contribution in [0.3, 0.4) is 0 Å². The quantitative estimate of drug-likeness (QED) is 0.703. The molecule has 0 aromatic rings. The molecule has 2 aliphatic carbocycles. The second-order valence-electron chi connectivity index (χ2n) is 1.92. The van der Waals surface area contributed by atoms with Crippen LogP contribution >= 0.6 is 0 Å². The topological polar surface area (TPSA) is 40.5 Å². The maximum Gasteiger partial charge on any atom is 0.0319 e. The molecule has 2 aliphatic rings. The first-order valence-electron chi connectivity index (χ1n) is 4.23. The van der Waals surface area contributed by atoms with Crippen molar-refractivity contribution in [3.05, 3.63) is 64.2 Å². The van der Waals surface area contributed by atoms with Crippen LogP contribution in [0.15, 0.2) is 0 Å². The third kappa shape index (κ3) is 20.8. The molecule has 3 heteroatoms. The molecule has 2 N–H and O–H groups in total. The maximum atomic E-state index is 7.00. The molecular formula is C12H18O2Zr. The Bertz CT molecular complexity index is 46.8. The Labute approximate surface area is 115 Å². The minimum atomic E-state index is 0. The zero-order chi connectivity index (χ0) is 11.1. The molecule has 0 heterocycles.